The number of fused-ring (bicyclic) bond motifs is 1. The Bertz CT molecular complexity index is 436. The first-order valence-corrected chi connectivity index (χ1v) is 6.54. The highest BCUT2D eigenvalue weighted by atomic mass is 16.5. The summed E-state index contributed by atoms with van der Waals surface area (Å²) in [6.45, 7) is 0. The van der Waals surface area contributed by atoms with E-state index in [1.54, 1.807) is 0 Å². The molecule has 1 aliphatic heterocycles. The average Bonchev–Trinajstić information content (AvgIpc) is 2.96. The van der Waals surface area contributed by atoms with Crippen LogP contribution in [0.2, 0.25) is 0 Å². The highest BCUT2D eigenvalue weighted by molar-refractivity contribution is 5.82. The summed E-state index contributed by atoms with van der Waals surface area (Å²) in [4.78, 5) is 12.1. The summed E-state index contributed by atoms with van der Waals surface area (Å²) in [5.74, 6) is 0.793. The van der Waals surface area contributed by atoms with Crippen LogP contribution < -0.4 is 15.8 Å². The zero-order chi connectivity index (χ0) is 12.5. The van der Waals surface area contributed by atoms with Gasteiger partial charge in [0.25, 0.3) is 5.91 Å². The van der Waals surface area contributed by atoms with Crippen LogP contribution in [0, 0.1) is 0 Å². The normalized spacial score (nSPS) is 29.7. The summed E-state index contributed by atoms with van der Waals surface area (Å²) in [5.41, 5.74) is 7.06. The zero-order valence-corrected chi connectivity index (χ0v) is 10.3. The van der Waals surface area contributed by atoms with Gasteiger partial charge in [0.05, 0.1) is 0 Å². The summed E-state index contributed by atoms with van der Waals surface area (Å²) in [7, 11) is 0. The molecule has 1 saturated carbocycles. The van der Waals surface area contributed by atoms with Crippen LogP contribution in [0.25, 0.3) is 0 Å². The number of carbonyl (C=O) groups is 1. The van der Waals surface area contributed by atoms with Crippen molar-refractivity contribution in [2.75, 3.05) is 0 Å². The van der Waals surface area contributed by atoms with E-state index in [9.17, 15) is 4.79 Å². The second-order valence-corrected chi connectivity index (χ2v) is 5.13. The Labute approximate surface area is 107 Å². The minimum atomic E-state index is -0.393. The molecule has 1 amide bonds. The topological polar surface area (TPSA) is 64.3 Å². The predicted molar refractivity (Wildman–Crippen MR) is 68.3 cm³/mol. The molecule has 18 heavy (non-hydrogen) atoms. The minimum absolute atomic E-state index is 0.0337. The van der Waals surface area contributed by atoms with Crippen molar-refractivity contribution in [1.82, 2.24) is 5.32 Å². The van der Waals surface area contributed by atoms with E-state index in [4.69, 9.17) is 10.5 Å². The summed E-state index contributed by atoms with van der Waals surface area (Å²) in [6.07, 6.45) is 3.33. The van der Waals surface area contributed by atoms with E-state index < -0.39 is 6.10 Å². The smallest absolute Gasteiger partial charge is 0.261 e. The summed E-state index contributed by atoms with van der Waals surface area (Å²) in [5, 5.41) is 3.02. The van der Waals surface area contributed by atoms with Gasteiger partial charge in [0, 0.05) is 18.5 Å². The number of ether oxygens (including phenoxy) is 1. The molecule has 3 atom stereocenters. The van der Waals surface area contributed by atoms with Crippen LogP contribution in [0.4, 0.5) is 0 Å². The summed E-state index contributed by atoms with van der Waals surface area (Å²) >= 11 is 0. The lowest BCUT2D eigenvalue weighted by atomic mass is 10.1. The molecule has 1 aliphatic carbocycles. The number of benzene rings is 1. The predicted octanol–water partition coefficient (Wildman–Crippen LogP) is 0.986. The van der Waals surface area contributed by atoms with Crippen molar-refractivity contribution in [3.63, 3.8) is 0 Å². The van der Waals surface area contributed by atoms with Gasteiger partial charge in [-0.25, -0.2) is 0 Å². The Morgan fingerprint density at radius 2 is 2.17 bits per heavy atom. The van der Waals surface area contributed by atoms with Crippen LogP contribution in [0.5, 0.6) is 5.75 Å². The van der Waals surface area contributed by atoms with Gasteiger partial charge in [-0.05, 0) is 30.9 Å². The standard InChI is InChI=1S/C14H18N2O2/c15-10-5-3-6-11(10)16-14(17)13-8-9-4-1-2-7-12(9)18-13/h1-2,4,7,10-11,13H,3,5-6,8,15H2,(H,16,17). The fourth-order valence-corrected chi connectivity index (χ4v) is 2.77. The van der Waals surface area contributed by atoms with Gasteiger partial charge < -0.3 is 15.8 Å². The van der Waals surface area contributed by atoms with E-state index in [0.717, 1.165) is 30.6 Å². The molecule has 1 heterocycles. The fourth-order valence-electron chi connectivity index (χ4n) is 2.77. The lowest BCUT2D eigenvalue weighted by Crippen LogP contribution is -2.48. The van der Waals surface area contributed by atoms with Crippen molar-refractivity contribution in [3.8, 4) is 5.75 Å². The number of carbonyl (C=O) groups excluding carboxylic acids is 1. The minimum Gasteiger partial charge on any atom is -0.480 e. The molecule has 1 aromatic carbocycles. The number of rotatable bonds is 2. The van der Waals surface area contributed by atoms with Crippen LogP contribution in [0.15, 0.2) is 24.3 Å². The number of nitrogens with two attached hydrogens (primary N) is 1. The Hall–Kier alpha value is -1.55. The highest BCUT2D eigenvalue weighted by Crippen LogP contribution is 2.28. The van der Waals surface area contributed by atoms with E-state index in [2.05, 4.69) is 5.32 Å². The number of para-hydroxylation sites is 1. The zero-order valence-electron chi connectivity index (χ0n) is 10.3. The molecule has 0 spiro atoms. The van der Waals surface area contributed by atoms with Crippen molar-refractivity contribution in [1.29, 1.82) is 0 Å². The number of hydrogen-bond donors (Lipinski definition) is 2. The maximum atomic E-state index is 12.1. The Kier molecular flexibility index (Phi) is 2.96. The molecule has 4 heteroatoms. The lowest BCUT2D eigenvalue weighted by molar-refractivity contribution is -0.128. The van der Waals surface area contributed by atoms with E-state index in [0.29, 0.717) is 6.42 Å². The lowest BCUT2D eigenvalue weighted by Gasteiger charge is -2.19. The molecule has 1 fully saturated rings. The molecule has 4 nitrogen and oxygen atoms in total. The largest absolute Gasteiger partial charge is 0.480 e. The van der Waals surface area contributed by atoms with Crippen LogP contribution in [-0.2, 0) is 11.2 Å². The van der Waals surface area contributed by atoms with E-state index in [1.807, 2.05) is 24.3 Å². The van der Waals surface area contributed by atoms with Crippen LogP contribution in [0.3, 0.4) is 0 Å². The van der Waals surface area contributed by atoms with Gasteiger partial charge in [-0.15, -0.1) is 0 Å². The molecule has 0 saturated heterocycles. The van der Waals surface area contributed by atoms with Gasteiger partial charge in [-0.3, -0.25) is 4.79 Å². The third kappa shape index (κ3) is 2.08. The van der Waals surface area contributed by atoms with Gasteiger partial charge in [-0.2, -0.15) is 0 Å². The average molecular weight is 246 g/mol. The molecule has 3 rings (SSSR count). The summed E-state index contributed by atoms with van der Waals surface area (Å²) < 4.78 is 5.66. The molecule has 3 unspecified atom stereocenters. The maximum Gasteiger partial charge on any atom is 0.261 e. The molecular formula is C14H18N2O2. The van der Waals surface area contributed by atoms with Crippen molar-refractivity contribution in [2.24, 2.45) is 5.73 Å². The maximum absolute atomic E-state index is 12.1. The quantitative estimate of drug-likeness (QED) is 0.817. The number of amides is 1. The second-order valence-electron chi connectivity index (χ2n) is 5.13. The molecular weight excluding hydrogens is 228 g/mol. The van der Waals surface area contributed by atoms with E-state index >= 15 is 0 Å². The molecule has 0 bridgehead atoms. The number of nitrogens with one attached hydrogen (secondary N) is 1. The molecule has 96 valence electrons. The first-order valence-electron chi connectivity index (χ1n) is 6.54. The van der Waals surface area contributed by atoms with Gasteiger partial charge in [0.2, 0.25) is 0 Å². The Morgan fingerprint density at radius 1 is 1.33 bits per heavy atom. The van der Waals surface area contributed by atoms with Crippen LogP contribution >= 0.6 is 0 Å². The van der Waals surface area contributed by atoms with Crippen LogP contribution in [0.1, 0.15) is 24.8 Å². The van der Waals surface area contributed by atoms with Gasteiger partial charge >= 0.3 is 0 Å². The monoisotopic (exact) mass is 246 g/mol. The first kappa shape index (κ1) is 11.5. The Morgan fingerprint density at radius 3 is 2.89 bits per heavy atom. The third-order valence-corrected chi connectivity index (χ3v) is 3.84. The molecule has 2 aliphatic rings. The van der Waals surface area contributed by atoms with E-state index in [-0.39, 0.29) is 18.0 Å². The molecule has 0 radical (unpaired) electrons. The molecule has 1 aromatic rings. The van der Waals surface area contributed by atoms with Crippen molar-refractivity contribution >= 4 is 5.91 Å². The van der Waals surface area contributed by atoms with Crippen molar-refractivity contribution < 1.29 is 9.53 Å². The van der Waals surface area contributed by atoms with Crippen molar-refractivity contribution in [3.05, 3.63) is 29.8 Å². The highest BCUT2D eigenvalue weighted by Gasteiger charge is 2.32. The van der Waals surface area contributed by atoms with Gasteiger partial charge in [-0.1, -0.05) is 18.2 Å². The fraction of sp³-hybridized carbons (Fsp3) is 0.500. The van der Waals surface area contributed by atoms with Crippen molar-refractivity contribution in [2.45, 2.75) is 43.9 Å². The molecule has 0 aromatic heterocycles. The third-order valence-electron chi connectivity index (χ3n) is 3.84. The Balaban J connectivity index is 1.62. The first-order chi connectivity index (χ1) is 8.74. The summed E-state index contributed by atoms with van der Waals surface area (Å²) in [6, 6.07) is 8.01. The SMILES string of the molecule is NC1CCCC1NC(=O)C1Cc2ccccc2O1. The number of hydrogen-bond acceptors (Lipinski definition) is 3. The van der Waals surface area contributed by atoms with Gasteiger partial charge in [0.15, 0.2) is 6.10 Å². The van der Waals surface area contributed by atoms with E-state index in [1.165, 1.54) is 0 Å². The molecule has 3 N–H and O–H groups in total. The van der Waals surface area contributed by atoms with Gasteiger partial charge in [0.1, 0.15) is 5.75 Å². The second kappa shape index (κ2) is 4.61. The van der Waals surface area contributed by atoms with Crippen LogP contribution in [-0.4, -0.2) is 24.1 Å².